The number of fused-ring (bicyclic) bond motifs is 1. The third kappa shape index (κ3) is 4.06. The molecule has 0 amide bonds. The summed E-state index contributed by atoms with van der Waals surface area (Å²) in [6.07, 6.45) is 2.43. The highest BCUT2D eigenvalue weighted by Gasteiger charge is 2.21. The van der Waals surface area contributed by atoms with Gasteiger partial charge in [-0.1, -0.05) is 24.8 Å². The maximum absolute atomic E-state index is 12.7. The van der Waals surface area contributed by atoms with E-state index >= 15 is 0 Å². The Labute approximate surface area is 153 Å². The van der Waals surface area contributed by atoms with E-state index in [2.05, 4.69) is 11.6 Å². The topological polar surface area (TPSA) is 99.6 Å². The predicted octanol–water partition coefficient (Wildman–Crippen LogP) is 3.05. The molecule has 0 radical (unpaired) electrons. The number of ketones is 1. The van der Waals surface area contributed by atoms with Crippen LogP contribution in [0.3, 0.4) is 0 Å². The number of carbonyl (C=O) groups is 1. The Morgan fingerprint density at radius 3 is 2.92 bits per heavy atom. The number of rotatable bonds is 8. The first-order valence-electron chi connectivity index (χ1n) is 7.67. The zero-order valence-electron chi connectivity index (χ0n) is 14.0. The lowest BCUT2D eigenvalue weighted by Gasteiger charge is -2.10. The highest BCUT2D eigenvalue weighted by Crippen LogP contribution is 2.25. The van der Waals surface area contributed by atoms with Crippen molar-refractivity contribution in [2.75, 3.05) is 5.75 Å². The number of carbonyl (C=O) groups excluding carboxylic acids is 1. The van der Waals surface area contributed by atoms with Gasteiger partial charge in [0.1, 0.15) is 10.7 Å². The van der Waals surface area contributed by atoms with Gasteiger partial charge in [0.05, 0.1) is 17.2 Å². The fourth-order valence-corrected chi connectivity index (χ4v) is 4.17. The van der Waals surface area contributed by atoms with Gasteiger partial charge < -0.3 is 5.41 Å². The normalized spacial score (nSPS) is 11.9. The zero-order chi connectivity index (χ0) is 18.6. The van der Waals surface area contributed by atoms with E-state index in [4.69, 9.17) is 10.7 Å². The van der Waals surface area contributed by atoms with Crippen molar-refractivity contribution in [3.8, 4) is 6.07 Å². The quantitative estimate of drug-likeness (QED) is 0.331. The third-order valence-electron chi connectivity index (χ3n) is 3.55. The minimum absolute atomic E-state index is 0.0183. The second-order valence-corrected chi connectivity index (χ2v) is 7.44. The van der Waals surface area contributed by atoms with Crippen LogP contribution in [0.2, 0.25) is 0 Å². The fourth-order valence-electron chi connectivity index (χ4n) is 2.25. The van der Waals surface area contributed by atoms with E-state index in [1.165, 1.54) is 22.8 Å². The van der Waals surface area contributed by atoms with Crippen LogP contribution in [0.4, 0.5) is 0 Å². The molecule has 25 heavy (non-hydrogen) atoms. The van der Waals surface area contributed by atoms with Gasteiger partial charge in [0.25, 0.3) is 5.56 Å². The Morgan fingerprint density at radius 2 is 2.36 bits per heavy atom. The van der Waals surface area contributed by atoms with Gasteiger partial charge in [-0.3, -0.25) is 14.2 Å². The number of thiophene rings is 1. The molecule has 0 fully saturated rings. The van der Waals surface area contributed by atoms with Gasteiger partial charge in [0.2, 0.25) is 0 Å². The Balaban J connectivity index is 2.39. The number of thioether (sulfide) groups is 1. The summed E-state index contributed by atoms with van der Waals surface area (Å²) >= 11 is 2.58. The SMILES string of the molecule is C=CCn1c(SCC(=O)[C@H](C#N)C(C)=N)nc2sc(CC)cc2c1=O. The Kier molecular flexibility index (Phi) is 6.28. The number of aromatic nitrogens is 2. The summed E-state index contributed by atoms with van der Waals surface area (Å²) in [5, 5.41) is 17.5. The van der Waals surface area contributed by atoms with Gasteiger partial charge in [-0.05, 0) is 19.4 Å². The van der Waals surface area contributed by atoms with Gasteiger partial charge in [-0.2, -0.15) is 5.26 Å². The van der Waals surface area contributed by atoms with Crippen molar-refractivity contribution in [1.82, 2.24) is 9.55 Å². The molecule has 1 atom stereocenters. The van der Waals surface area contributed by atoms with Crippen molar-refractivity contribution in [1.29, 1.82) is 10.7 Å². The molecular formula is C17H18N4O2S2. The van der Waals surface area contributed by atoms with E-state index < -0.39 is 5.92 Å². The van der Waals surface area contributed by atoms with Crippen molar-refractivity contribution in [2.45, 2.75) is 32.0 Å². The minimum Gasteiger partial charge on any atom is -0.308 e. The van der Waals surface area contributed by atoms with Crippen molar-refractivity contribution < 1.29 is 4.79 Å². The van der Waals surface area contributed by atoms with Crippen LogP contribution in [0, 0.1) is 22.7 Å². The van der Waals surface area contributed by atoms with Crippen LogP contribution in [0.5, 0.6) is 0 Å². The van der Waals surface area contributed by atoms with Crippen LogP contribution in [-0.4, -0.2) is 26.8 Å². The number of nitrogens with one attached hydrogen (secondary N) is 1. The second kappa shape index (κ2) is 8.23. The molecule has 130 valence electrons. The molecule has 8 heteroatoms. The first kappa shape index (κ1) is 19.1. The lowest BCUT2D eigenvalue weighted by Crippen LogP contribution is -2.24. The zero-order valence-corrected chi connectivity index (χ0v) is 15.7. The number of Topliss-reactive ketones (excluding diaryl/α,β-unsaturated/α-hetero) is 1. The highest BCUT2D eigenvalue weighted by molar-refractivity contribution is 7.99. The van der Waals surface area contributed by atoms with Gasteiger partial charge in [-0.15, -0.1) is 17.9 Å². The van der Waals surface area contributed by atoms with Crippen LogP contribution >= 0.6 is 23.1 Å². The average molecular weight is 374 g/mol. The Morgan fingerprint density at radius 1 is 1.64 bits per heavy atom. The molecule has 0 aliphatic heterocycles. The molecule has 0 spiro atoms. The number of nitrogens with zero attached hydrogens (tertiary/aromatic N) is 3. The summed E-state index contributed by atoms with van der Waals surface area (Å²) in [5.74, 6) is -1.43. The van der Waals surface area contributed by atoms with Crippen molar-refractivity contribution in [3.63, 3.8) is 0 Å². The summed E-state index contributed by atoms with van der Waals surface area (Å²) in [6.45, 7) is 7.41. The van der Waals surface area contributed by atoms with E-state index in [1.807, 2.05) is 19.1 Å². The summed E-state index contributed by atoms with van der Waals surface area (Å²) in [4.78, 5) is 31.1. The molecule has 6 nitrogen and oxygen atoms in total. The second-order valence-electron chi connectivity index (χ2n) is 5.38. The molecular weight excluding hydrogens is 356 g/mol. The number of allylic oxidation sites excluding steroid dienone is 1. The standard InChI is InChI=1S/C17H18N4O2S2/c1-4-6-21-16(23)12-7-11(5-2)25-15(12)20-17(21)24-9-14(22)13(8-18)10(3)19/h4,7,13,19H,1,5-6,9H2,2-3H3/t13-/m1/s1. The molecule has 1 N–H and O–H groups in total. The molecule has 0 bridgehead atoms. The van der Waals surface area contributed by atoms with E-state index in [1.54, 1.807) is 6.08 Å². The average Bonchev–Trinajstić information content (AvgIpc) is 2.99. The lowest BCUT2D eigenvalue weighted by atomic mass is 10.0. The molecule has 0 aromatic carbocycles. The van der Waals surface area contributed by atoms with E-state index in [-0.39, 0.29) is 22.8 Å². The van der Waals surface area contributed by atoms with Crippen LogP contribution in [0.15, 0.2) is 28.7 Å². The van der Waals surface area contributed by atoms with Gasteiger partial charge in [0, 0.05) is 17.1 Å². The van der Waals surface area contributed by atoms with Crippen LogP contribution in [-0.2, 0) is 17.8 Å². The summed E-state index contributed by atoms with van der Waals surface area (Å²) in [6, 6.07) is 3.70. The van der Waals surface area contributed by atoms with Crippen LogP contribution in [0.25, 0.3) is 10.2 Å². The predicted molar refractivity (Wildman–Crippen MR) is 102 cm³/mol. The Bertz CT molecular complexity index is 936. The third-order valence-corrected chi connectivity index (χ3v) is 5.73. The molecule has 2 aromatic heterocycles. The molecule has 0 aliphatic carbocycles. The highest BCUT2D eigenvalue weighted by atomic mass is 32.2. The largest absolute Gasteiger partial charge is 0.308 e. The molecule has 0 saturated carbocycles. The molecule has 2 rings (SSSR count). The number of hydrogen-bond acceptors (Lipinski definition) is 7. The fraction of sp³-hybridized carbons (Fsp3) is 0.353. The van der Waals surface area contributed by atoms with Gasteiger partial charge in [-0.25, -0.2) is 4.98 Å². The first-order valence-corrected chi connectivity index (χ1v) is 9.47. The first-order chi connectivity index (χ1) is 11.9. The maximum atomic E-state index is 12.7. The van der Waals surface area contributed by atoms with E-state index in [9.17, 15) is 9.59 Å². The minimum atomic E-state index is -1.05. The summed E-state index contributed by atoms with van der Waals surface area (Å²) in [5.41, 5.74) is -0.137. The van der Waals surface area contributed by atoms with Crippen molar-refractivity contribution >= 4 is 44.8 Å². The van der Waals surface area contributed by atoms with Crippen LogP contribution in [0.1, 0.15) is 18.7 Å². The number of hydrogen-bond donors (Lipinski definition) is 1. The van der Waals surface area contributed by atoms with E-state index in [0.717, 1.165) is 23.1 Å². The lowest BCUT2D eigenvalue weighted by molar-refractivity contribution is -0.117. The van der Waals surface area contributed by atoms with Crippen molar-refractivity contribution in [2.24, 2.45) is 5.92 Å². The summed E-state index contributed by atoms with van der Waals surface area (Å²) in [7, 11) is 0. The molecule has 2 aromatic rings. The van der Waals surface area contributed by atoms with Crippen molar-refractivity contribution in [3.05, 3.63) is 34.0 Å². The van der Waals surface area contributed by atoms with Gasteiger partial charge >= 0.3 is 0 Å². The summed E-state index contributed by atoms with van der Waals surface area (Å²) < 4.78 is 1.48. The van der Waals surface area contributed by atoms with Gasteiger partial charge in [0.15, 0.2) is 10.9 Å². The maximum Gasteiger partial charge on any atom is 0.263 e. The molecule has 0 saturated heterocycles. The molecule has 0 unspecified atom stereocenters. The number of aryl methyl sites for hydroxylation is 1. The molecule has 0 aliphatic rings. The number of nitriles is 1. The molecule has 2 heterocycles. The monoisotopic (exact) mass is 374 g/mol. The van der Waals surface area contributed by atoms with E-state index in [0.29, 0.717) is 21.9 Å². The van der Waals surface area contributed by atoms with Crippen LogP contribution < -0.4 is 5.56 Å². The Hall–Kier alpha value is -2.24. The smallest absolute Gasteiger partial charge is 0.263 e.